The normalized spacial score (nSPS) is 25.9. The minimum Gasteiger partial charge on any atom is -0.457 e. The van der Waals surface area contributed by atoms with Crippen LogP contribution in [0.1, 0.15) is 59.3 Å². The molecule has 0 bridgehead atoms. The third-order valence-corrected chi connectivity index (χ3v) is 8.29. The maximum absolute atomic E-state index is 11.8. The number of benzene rings is 1. The summed E-state index contributed by atoms with van der Waals surface area (Å²) in [7, 11) is 0. The summed E-state index contributed by atoms with van der Waals surface area (Å²) in [5.41, 5.74) is 4.70. The number of carbonyl (C=O) groups excluding carboxylic acids is 2. The summed E-state index contributed by atoms with van der Waals surface area (Å²) in [5, 5.41) is 22.0. The molecule has 1 aromatic carbocycles. The fraction of sp³-hybridized carbons (Fsp3) is 0.600. The molecule has 8 heteroatoms. The summed E-state index contributed by atoms with van der Waals surface area (Å²) < 4.78 is 10.3. The molecule has 2 N–H and O–H groups in total. The SMILES string of the molecule is CC1=C(N2CCC3(CCN(C[C@H](O)c4ccc5c(c4C)COC5=O)CC3)C(O)C2)COC1=O. The Morgan fingerprint density at radius 3 is 2.42 bits per heavy atom. The Balaban J connectivity index is 1.19. The molecule has 0 radical (unpaired) electrons. The van der Waals surface area contributed by atoms with E-state index < -0.39 is 12.2 Å². The number of likely N-dealkylation sites (tertiary alicyclic amines) is 2. The quantitative estimate of drug-likeness (QED) is 0.661. The first-order chi connectivity index (χ1) is 15.8. The Hall–Kier alpha value is -2.42. The van der Waals surface area contributed by atoms with Crippen LogP contribution >= 0.6 is 0 Å². The van der Waals surface area contributed by atoms with Crippen molar-refractivity contribution in [3.8, 4) is 0 Å². The second kappa shape index (κ2) is 8.42. The molecule has 2 atom stereocenters. The molecular weight excluding hydrogens is 424 g/mol. The highest BCUT2D eigenvalue weighted by Gasteiger charge is 2.45. The van der Waals surface area contributed by atoms with Gasteiger partial charge >= 0.3 is 11.9 Å². The van der Waals surface area contributed by atoms with Crippen molar-refractivity contribution in [2.24, 2.45) is 5.41 Å². The van der Waals surface area contributed by atoms with Gasteiger partial charge in [-0.2, -0.15) is 0 Å². The predicted octanol–water partition coefficient (Wildman–Crippen LogP) is 1.68. The van der Waals surface area contributed by atoms with Crippen LogP contribution in [0.15, 0.2) is 23.4 Å². The van der Waals surface area contributed by atoms with Crippen LogP contribution in [0.2, 0.25) is 0 Å². The number of hydrogen-bond acceptors (Lipinski definition) is 8. The third-order valence-electron chi connectivity index (χ3n) is 8.29. The van der Waals surface area contributed by atoms with Gasteiger partial charge in [0.15, 0.2) is 0 Å². The van der Waals surface area contributed by atoms with E-state index in [2.05, 4.69) is 9.80 Å². The molecule has 4 aliphatic heterocycles. The van der Waals surface area contributed by atoms with Gasteiger partial charge in [-0.1, -0.05) is 6.07 Å². The largest absolute Gasteiger partial charge is 0.457 e. The zero-order chi connectivity index (χ0) is 23.3. The first kappa shape index (κ1) is 22.4. The summed E-state index contributed by atoms with van der Waals surface area (Å²) in [5.74, 6) is -0.553. The maximum Gasteiger partial charge on any atom is 0.338 e. The number of β-amino-alcohol motifs (C(OH)–C–C–N with tert-alkyl or cyclic N) is 2. The Bertz CT molecular complexity index is 1010. The van der Waals surface area contributed by atoms with E-state index in [0.29, 0.717) is 30.8 Å². The molecule has 2 saturated heterocycles. The van der Waals surface area contributed by atoms with Gasteiger partial charge in [0.25, 0.3) is 0 Å². The van der Waals surface area contributed by atoms with E-state index in [9.17, 15) is 19.8 Å². The molecule has 2 fully saturated rings. The molecule has 1 spiro atoms. The van der Waals surface area contributed by atoms with Crippen LogP contribution in [-0.4, -0.2) is 77.4 Å². The molecule has 33 heavy (non-hydrogen) atoms. The molecule has 0 saturated carbocycles. The average molecular weight is 457 g/mol. The van der Waals surface area contributed by atoms with Crippen molar-refractivity contribution < 1.29 is 29.3 Å². The van der Waals surface area contributed by atoms with Crippen LogP contribution in [-0.2, 0) is 20.9 Å². The van der Waals surface area contributed by atoms with E-state index in [1.54, 1.807) is 13.0 Å². The molecule has 0 aliphatic carbocycles. The van der Waals surface area contributed by atoms with Crippen molar-refractivity contribution in [2.45, 2.75) is 51.9 Å². The topological polar surface area (TPSA) is 99.5 Å². The molecule has 1 unspecified atom stereocenters. The number of aliphatic hydroxyl groups excluding tert-OH is 2. The molecule has 5 rings (SSSR count). The fourth-order valence-electron chi connectivity index (χ4n) is 5.90. The zero-order valence-corrected chi connectivity index (χ0v) is 19.3. The minimum absolute atomic E-state index is 0.114. The number of piperidine rings is 2. The highest BCUT2D eigenvalue weighted by atomic mass is 16.5. The molecule has 0 amide bonds. The number of nitrogens with zero attached hydrogens (tertiary/aromatic N) is 2. The van der Waals surface area contributed by atoms with Crippen LogP contribution in [0.25, 0.3) is 0 Å². The van der Waals surface area contributed by atoms with Gasteiger partial charge in [0.1, 0.15) is 13.2 Å². The highest BCUT2D eigenvalue weighted by molar-refractivity contribution is 5.94. The number of aliphatic hydroxyl groups is 2. The lowest BCUT2D eigenvalue weighted by molar-refractivity contribution is -0.136. The van der Waals surface area contributed by atoms with Gasteiger partial charge in [-0.25, -0.2) is 9.59 Å². The second-order valence-electron chi connectivity index (χ2n) is 9.92. The number of ether oxygens (including phenoxy) is 2. The van der Waals surface area contributed by atoms with Gasteiger partial charge in [-0.3, -0.25) is 0 Å². The van der Waals surface area contributed by atoms with Crippen LogP contribution in [0, 0.1) is 12.3 Å². The number of fused-ring (bicyclic) bond motifs is 1. The monoisotopic (exact) mass is 456 g/mol. The van der Waals surface area contributed by atoms with Crippen molar-refractivity contribution in [1.82, 2.24) is 9.80 Å². The fourth-order valence-corrected chi connectivity index (χ4v) is 5.90. The van der Waals surface area contributed by atoms with Gasteiger partial charge in [-0.05, 0) is 63.4 Å². The van der Waals surface area contributed by atoms with Gasteiger partial charge in [0, 0.05) is 30.6 Å². The Morgan fingerprint density at radius 2 is 1.76 bits per heavy atom. The van der Waals surface area contributed by atoms with E-state index >= 15 is 0 Å². The van der Waals surface area contributed by atoms with Crippen molar-refractivity contribution in [3.05, 3.63) is 45.7 Å². The number of hydrogen-bond donors (Lipinski definition) is 2. The van der Waals surface area contributed by atoms with E-state index in [4.69, 9.17) is 9.47 Å². The van der Waals surface area contributed by atoms with Crippen LogP contribution < -0.4 is 0 Å². The van der Waals surface area contributed by atoms with E-state index in [-0.39, 0.29) is 24.0 Å². The van der Waals surface area contributed by atoms with Crippen LogP contribution in [0.5, 0.6) is 0 Å². The van der Waals surface area contributed by atoms with Crippen molar-refractivity contribution >= 4 is 11.9 Å². The standard InChI is InChI=1S/C25H32N2O6/c1-15-17(3-4-18-19(15)13-32-24(18)31)21(28)11-26-8-5-25(6-9-26)7-10-27(12-22(25)29)20-14-33-23(30)16(20)2/h3-4,21-22,28-29H,5-14H2,1-2H3/t21-,22?/m0/s1. The first-order valence-electron chi connectivity index (χ1n) is 11.8. The van der Waals surface area contributed by atoms with Crippen molar-refractivity contribution in [2.75, 3.05) is 39.3 Å². The van der Waals surface area contributed by atoms with E-state index in [0.717, 1.165) is 61.3 Å². The molecule has 1 aromatic rings. The average Bonchev–Trinajstić information content (AvgIpc) is 3.34. The second-order valence-corrected chi connectivity index (χ2v) is 9.92. The number of cyclic esters (lactones) is 2. The minimum atomic E-state index is -0.637. The summed E-state index contributed by atoms with van der Waals surface area (Å²) in [6.07, 6.45) is 1.56. The molecule has 4 aliphatic rings. The summed E-state index contributed by atoms with van der Waals surface area (Å²) in [4.78, 5) is 27.9. The van der Waals surface area contributed by atoms with Crippen molar-refractivity contribution in [1.29, 1.82) is 0 Å². The maximum atomic E-state index is 11.8. The van der Waals surface area contributed by atoms with Gasteiger partial charge in [-0.15, -0.1) is 0 Å². The summed E-state index contributed by atoms with van der Waals surface area (Å²) >= 11 is 0. The number of carbonyl (C=O) groups is 2. The third kappa shape index (κ3) is 3.84. The molecular formula is C25H32N2O6. The summed E-state index contributed by atoms with van der Waals surface area (Å²) in [6, 6.07) is 3.59. The lowest BCUT2D eigenvalue weighted by Crippen LogP contribution is -2.55. The smallest absolute Gasteiger partial charge is 0.338 e. The van der Waals surface area contributed by atoms with Crippen molar-refractivity contribution in [3.63, 3.8) is 0 Å². The molecule has 178 valence electrons. The number of esters is 2. The Labute approximate surface area is 193 Å². The van der Waals surface area contributed by atoms with Gasteiger partial charge in [0.05, 0.1) is 29.0 Å². The summed E-state index contributed by atoms with van der Waals surface area (Å²) in [6.45, 7) is 7.83. The van der Waals surface area contributed by atoms with Gasteiger partial charge in [0.2, 0.25) is 0 Å². The molecule has 0 aromatic heterocycles. The highest BCUT2D eigenvalue weighted by Crippen LogP contribution is 2.43. The Kier molecular flexibility index (Phi) is 5.71. The zero-order valence-electron chi connectivity index (χ0n) is 19.3. The van der Waals surface area contributed by atoms with E-state index in [1.807, 2.05) is 13.0 Å². The predicted molar refractivity (Wildman–Crippen MR) is 119 cm³/mol. The van der Waals surface area contributed by atoms with Gasteiger partial charge < -0.3 is 29.5 Å². The molecule has 8 nitrogen and oxygen atoms in total. The lowest BCUT2D eigenvalue weighted by Gasteiger charge is -2.50. The Morgan fingerprint density at radius 1 is 1.06 bits per heavy atom. The first-order valence-corrected chi connectivity index (χ1v) is 11.8. The molecule has 4 heterocycles. The number of rotatable bonds is 4. The van der Waals surface area contributed by atoms with Crippen LogP contribution in [0.3, 0.4) is 0 Å². The lowest BCUT2D eigenvalue weighted by atomic mass is 9.69. The van der Waals surface area contributed by atoms with Crippen LogP contribution in [0.4, 0.5) is 0 Å². The van der Waals surface area contributed by atoms with E-state index in [1.165, 1.54) is 0 Å².